The van der Waals surface area contributed by atoms with Crippen molar-refractivity contribution in [2.75, 3.05) is 7.11 Å². The Labute approximate surface area is 108 Å². The summed E-state index contributed by atoms with van der Waals surface area (Å²) in [6.07, 6.45) is 5.43. The van der Waals surface area contributed by atoms with Gasteiger partial charge in [0.25, 0.3) is 0 Å². The summed E-state index contributed by atoms with van der Waals surface area (Å²) in [5.74, 6) is 0.511. The molecule has 1 heterocycles. The predicted molar refractivity (Wildman–Crippen MR) is 69.2 cm³/mol. The van der Waals surface area contributed by atoms with E-state index >= 15 is 0 Å². The van der Waals surface area contributed by atoms with Crippen LogP contribution in [0.5, 0.6) is 0 Å². The summed E-state index contributed by atoms with van der Waals surface area (Å²) < 4.78 is 4.63. The maximum absolute atomic E-state index is 11.2. The zero-order chi connectivity index (χ0) is 13.0. The Morgan fingerprint density at radius 2 is 2.39 bits per heavy atom. The van der Waals surface area contributed by atoms with Crippen molar-refractivity contribution in [2.45, 2.75) is 38.8 Å². The zero-order valence-electron chi connectivity index (χ0n) is 11.0. The van der Waals surface area contributed by atoms with Crippen molar-refractivity contribution in [2.24, 2.45) is 5.92 Å². The van der Waals surface area contributed by atoms with Gasteiger partial charge in [-0.2, -0.15) is 0 Å². The molecule has 4 heteroatoms. The van der Waals surface area contributed by atoms with Crippen LogP contribution in [-0.2, 0) is 11.3 Å². The van der Waals surface area contributed by atoms with Gasteiger partial charge in [-0.3, -0.25) is 4.98 Å². The Kier molecular flexibility index (Phi) is 4.31. The summed E-state index contributed by atoms with van der Waals surface area (Å²) in [5.41, 5.74) is 1.46. The highest BCUT2D eigenvalue weighted by Crippen LogP contribution is 2.34. The van der Waals surface area contributed by atoms with Gasteiger partial charge >= 0.3 is 5.97 Å². The predicted octanol–water partition coefficient (Wildman–Crippen LogP) is 2.15. The number of nitrogens with zero attached hydrogens (tertiary/aromatic N) is 1. The van der Waals surface area contributed by atoms with Crippen molar-refractivity contribution in [3.05, 3.63) is 29.6 Å². The first-order valence-corrected chi connectivity index (χ1v) is 6.51. The molecular formula is C14H20N2O2. The third-order valence-corrected chi connectivity index (χ3v) is 3.37. The summed E-state index contributed by atoms with van der Waals surface area (Å²) in [5, 5.41) is 3.49. The van der Waals surface area contributed by atoms with Crippen molar-refractivity contribution in [1.82, 2.24) is 10.3 Å². The fourth-order valence-corrected chi connectivity index (χ4v) is 2.19. The van der Waals surface area contributed by atoms with Crippen LogP contribution < -0.4 is 5.32 Å². The summed E-state index contributed by atoms with van der Waals surface area (Å²) in [4.78, 5) is 15.5. The van der Waals surface area contributed by atoms with Crippen LogP contribution in [0.4, 0.5) is 0 Å². The number of carbonyl (C=O) groups is 1. The molecule has 1 aliphatic rings. The zero-order valence-corrected chi connectivity index (χ0v) is 11.0. The average Bonchev–Trinajstić information content (AvgIpc) is 3.15. The standard InChI is InChI=1S/C14H20N2O2/c1-3-4-10-7-13(10)16-9-12-6-5-11(8-15-12)14(17)18-2/h5-6,8,10,13,16H,3-4,7,9H2,1-2H3. The minimum Gasteiger partial charge on any atom is -0.465 e. The second kappa shape index (κ2) is 5.96. The second-order valence-electron chi connectivity index (χ2n) is 4.80. The van der Waals surface area contributed by atoms with Gasteiger partial charge in [-0.25, -0.2) is 4.79 Å². The van der Waals surface area contributed by atoms with E-state index in [1.807, 2.05) is 6.07 Å². The van der Waals surface area contributed by atoms with Gasteiger partial charge < -0.3 is 10.1 Å². The van der Waals surface area contributed by atoms with E-state index in [1.165, 1.54) is 26.4 Å². The summed E-state index contributed by atoms with van der Waals surface area (Å²) in [6.45, 7) is 2.99. The van der Waals surface area contributed by atoms with Crippen LogP contribution in [0.25, 0.3) is 0 Å². The number of rotatable bonds is 6. The molecule has 0 amide bonds. The number of hydrogen-bond acceptors (Lipinski definition) is 4. The number of esters is 1. The lowest BCUT2D eigenvalue weighted by atomic mass is 10.2. The van der Waals surface area contributed by atoms with E-state index in [-0.39, 0.29) is 5.97 Å². The van der Waals surface area contributed by atoms with Crippen molar-refractivity contribution < 1.29 is 9.53 Å². The molecule has 1 saturated carbocycles. The fraction of sp³-hybridized carbons (Fsp3) is 0.571. The second-order valence-corrected chi connectivity index (χ2v) is 4.80. The molecule has 1 fully saturated rings. The lowest BCUT2D eigenvalue weighted by Gasteiger charge is -2.04. The van der Waals surface area contributed by atoms with E-state index in [1.54, 1.807) is 12.3 Å². The number of aromatic nitrogens is 1. The van der Waals surface area contributed by atoms with Gasteiger partial charge in [0.05, 0.1) is 18.4 Å². The van der Waals surface area contributed by atoms with E-state index in [2.05, 4.69) is 22.0 Å². The van der Waals surface area contributed by atoms with Crippen LogP contribution in [0.2, 0.25) is 0 Å². The highest BCUT2D eigenvalue weighted by molar-refractivity contribution is 5.88. The largest absolute Gasteiger partial charge is 0.465 e. The Morgan fingerprint density at radius 1 is 1.56 bits per heavy atom. The van der Waals surface area contributed by atoms with Crippen LogP contribution in [0, 0.1) is 5.92 Å². The van der Waals surface area contributed by atoms with E-state index in [4.69, 9.17) is 0 Å². The molecule has 0 aromatic carbocycles. The van der Waals surface area contributed by atoms with Crippen LogP contribution in [0.15, 0.2) is 18.3 Å². The molecule has 0 spiro atoms. The van der Waals surface area contributed by atoms with Crippen LogP contribution in [-0.4, -0.2) is 24.1 Å². The quantitative estimate of drug-likeness (QED) is 0.784. The van der Waals surface area contributed by atoms with Crippen LogP contribution in [0.1, 0.15) is 42.2 Å². The third-order valence-electron chi connectivity index (χ3n) is 3.37. The molecule has 2 rings (SSSR count). The number of pyridine rings is 1. The van der Waals surface area contributed by atoms with Crippen molar-refractivity contribution in [1.29, 1.82) is 0 Å². The van der Waals surface area contributed by atoms with Gasteiger partial charge in [0.2, 0.25) is 0 Å². The molecular weight excluding hydrogens is 228 g/mol. The van der Waals surface area contributed by atoms with Gasteiger partial charge in [0, 0.05) is 18.8 Å². The molecule has 0 saturated heterocycles. The smallest absolute Gasteiger partial charge is 0.339 e. The number of carbonyl (C=O) groups excluding carboxylic acids is 1. The molecule has 2 unspecified atom stereocenters. The van der Waals surface area contributed by atoms with Crippen LogP contribution in [0.3, 0.4) is 0 Å². The number of hydrogen-bond donors (Lipinski definition) is 1. The Hall–Kier alpha value is -1.42. The summed E-state index contributed by atoms with van der Waals surface area (Å²) >= 11 is 0. The molecule has 0 aliphatic heterocycles. The molecule has 1 aliphatic carbocycles. The summed E-state index contributed by atoms with van der Waals surface area (Å²) in [6, 6.07) is 4.29. The highest BCUT2D eigenvalue weighted by Gasteiger charge is 2.35. The fourth-order valence-electron chi connectivity index (χ4n) is 2.19. The third kappa shape index (κ3) is 3.29. The minimum atomic E-state index is -0.341. The minimum absolute atomic E-state index is 0.341. The first-order chi connectivity index (χ1) is 8.74. The van der Waals surface area contributed by atoms with E-state index in [0.29, 0.717) is 11.6 Å². The van der Waals surface area contributed by atoms with Crippen molar-refractivity contribution in [3.63, 3.8) is 0 Å². The SMILES string of the molecule is CCCC1CC1NCc1ccc(C(=O)OC)cn1. The molecule has 2 atom stereocenters. The molecule has 1 aromatic rings. The molecule has 1 N–H and O–H groups in total. The number of methoxy groups -OCH3 is 1. The average molecular weight is 248 g/mol. The molecule has 0 radical (unpaired) electrons. The molecule has 18 heavy (non-hydrogen) atoms. The molecule has 4 nitrogen and oxygen atoms in total. The van der Waals surface area contributed by atoms with Gasteiger partial charge in [0.15, 0.2) is 0 Å². The van der Waals surface area contributed by atoms with E-state index in [0.717, 1.165) is 18.2 Å². The van der Waals surface area contributed by atoms with Gasteiger partial charge in [-0.05, 0) is 30.9 Å². The maximum atomic E-state index is 11.2. The Balaban J connectivity index is 1.79. The van der Waals surface area contributed by atoms with Crippen molar-refractivity contribution in [3.8, 4) is 0 Å². The maximum Gasteiger partial charge on any atom is 0.339 e. The molecule has 1 aromatic heterocycles. The topological polar surface area (TPSA) is 51.2 Å². The normalized spacial score (nSPS) is 21.7. The lowest BCUT2D eigenvalue weighted by Crippen LogP contribution is -2.18. The van der Waals surface area contributed by atoms with E-state index in [9.17, 15) is 4.79 Å². The monoisotopic (exact) mass is 248 g/mol. The first-order valence-electron chi connectivity index (χ1n) is 6.51. The highest BCUT2D eigenvalue weighted by atomic mass is 16.5. The van der Waals surface area contributed by atoms with Crippen LogP contribution >= 0.6 is 0 Å². The summed E-state index contributed by atoms with van der Waals surface area (Å²) in [7, 11) is 1.37. The number of ether oxygens (including phenoxy) is 1. The van der Waals surface area contributed by atoms with Gasteiger partial charge in [-0.1, -0.05) is 13.3 Å². The number of nitrogens with one attached hydrogen (secondary N) is 1. The van der Waals surface area contributed by atoms with E-state index < -0.39 is 0 Å². The first kappa shape index (κ1) is 13.0. The van der Waals surface area contributed by atoms with Gasteiger partial charge in [-0.15, -0.1) is 0 Å². The molecule has 0 bridgehead atoms. The van der Waals surface area contributed by atoms with Crippen molar-refractivity contribution >= 4 is 5.97 Å². The molecule has 98 valence electrons. The Bertz CT molecular complexity index is 403. The lowest BCUT2D eigenvalue weighted by molar-refractivity contribution is 0.0600. The van der Waals surface area contributed by atoms with Gasteiger partial charge in [0.1, 0.15) is 0 Å². The Morgan fingerprint density at radius 3 is 3.00 bits per heavy atom.